The van der Waals surface area contributed by atoms with Gasteiger partial charge in [0.05, 0.1) is 36.3 Å². The predicted octanol–water partition coefficient (Wildman–Crippen LogP) is 1.19. The van der Waals surface area contributed by atoms with Gasteiger partial charge in [0.25, 0.3) is 0 Å². The first-order valence-corrected chi connectivity index (χ1v) is 26.3. The van der Waals surface area contributed by atoms with Crippen LogP contribution in [0.25, 0.3) is 0 Å². The van der Waals surface area contributed by atoms with Gasteiger partial charge in [-0.3, -0.25) is 30.0 Å². The fourth-order valence-corrected chi connectivity index (χ4v) is 8.90. The molecule has 6 atom stereocenters. The van der Waals surface area contributed by atoms with Crippen LogP contribution in [0.15, 0.2) is 176 Å². The summed E-state index contributed by atoms with van der Waals surface area (Å²) in [5.74, 6) is -0.0978. The predicted molar refractivity (Wildman–Crippen MR) is 341 cm³/mol. The molecule has 3 fully saturated rings. The van der Waals surface area contributed by atoms with Crippen LogP contribution in [-0.4, -0.2) is 123 Å². The molecule has 0 saturated heterocycles. The number of nitrogens with zero attached hydrogens (tertiary/aromatic N) is 12. The largest absolute Gasteiger partial charge is 3.00 e. The van der Waals surface area contributed by atoms with E-state index in [1.54, 1.807) is 146 Å². The number of hydrogen-bond donors (Lipinski definition) is 0. The van der Waals surface area contributed by atoms with Crippen LogP contribution in [0.1, 0.15) is 110 Å². The van der Waals surface area contributed by atoms with Gasteiger partial charge in [-0.25, -0.2) is 0 Å². The van der Waals surface area contributed by atoms with Gasteiger partial charge >= 0.3 is 68.3 Å². The zero-order valence-corrected chi connectivity index (χ0v) is 56.7. The van der Waals surface area contributed by atoms with Crippen LogP contribution >= 0.6 is 0 Å². The minimum atomic E-state index is -0.0163. The zero-order valence-electron chi connectivity index (χ0n) is 52.1. The summed E-state index contributed by atoms with van der Waals surface area (Å²) in [5, 5.41) is 108. The second-order valence-electron chi connectivity index (χ2n) is 18.2. The van der Waals surface area contributed by atoms with Crippen molar-refractivity contribution in [3.8, 4) is 34.5 Å². The molecule has 3 saturated carbocycles. The summed E-state index contributed by atoms with van der Waals surface area (Å²) in [4.78, 5) is 27.7. The Labute approximate surface area is 609 Å². The fraction of sp³-hybridized carbons (Fsp3) is 0.273. The van der Waals surface area contributed by atoms with E-state index in [1.165, 1.54) is 0 Å². The van der Waals surface area contributed by atoms with Crippen molar-refractivity contribution < 1.29 is 148 Å². The summed E-state index contributed by atoms with van der Waals surface area (Å²) in [6.45, 7) is 28.5. The molecule has 6 aromatic carbocycles. The first kappa shape index (κ1) is 118. The minimum Gasteiger partial charge on any atom is -0.872 e. The molecule has 27 nitrogen and oxygen atoms in total. The van der Waals surface area contributed by atoms with E-state index in [0.29, 0.717) is 33.4 Å². The molecule has 0 bridgehead atoms. The molecule has 0 aromatic heterocycles. The second-order valence-corrected chi connectivity index (χ2v) is 18.2. The van der Waals surface area contributed by atoms with E-state index in [4.69, 9.17) is 71.0 Å². The maximum atomic E-state index is 11.8. The third-order valence-electron chi connectivity index (χ3n) is 13.0. The van der Waals surface area contributed by atoms with Crippen molar-refractivity contribution in [2.75, 3.05) is 0 Å². The number of benzene rings is 6. The molecule has 9 rings (SSSR count). The number of para-hydroxylation sites is 6. The van der Waals surface area contributed by atoms with Crippen LogP contribution in [0, 0.1) is 71.0 Å². The molecule has 1 radical (unpaired) electrons. The molecule has 521 valence electrons. The van der Waals surface area contributed by atoms with E-state index >= 15 is 0 Å². The number of aliphatic imine (C=N–C) groups is 6. The Morgan fingerprint density at radius 1 is 0.237 bits per heavy atom. The van der Waals surface area contributed by atoms with E-state index in [9.17, 15) is 30.6 Å². The van der Waals surface area contributed by atoms with Crippen molar-refractivity contribution in [1.82, 2.24) is 0 Å². The Kier molecular flexibility index (Phi) is 90.4. The summed E-state index contributed by atoms with van der Waals surface area (Å²) < 4.78 is 0. The van der Waals surface area contributed by atoms with Gasteiger partial charge in [-0.15, -0.1) is 34.5 Å². The molecule has 18 N–H and O–H groups in total. The molecule has 6 aromatic rings. The van der Waals surface area contributed by atoms with Crippen molar-refractivity contribution in [1.29, 1.82) is 31.6 Å². The van der Waals surface area contributed by atoms with Crippen molar-refractivity contribution in [3.05, 3.63) is 218 Å². The summed E-state index contributed by atoms with van der Waals surface area (Å²) in [6, 6.07) is 41.7. The Morgan fingerprint density at radius 3 is 0.443 bits per heavy atom. The van der Waals surface area contributed by atoms with Crippen LogP contribution < -0.4 is 30.6 Å². The molecule has 0 unspecified atom stereocenters. The number of hydrogen-bond acceptors (Lipinski definition) is 18. The second kappa shape index (κ2) is 74.2. The van der Waals surface area contributed by atoms with E-state index in [0.717, 1.165) is 77.0 Å². The Hall–Kier alpha value is -9.20. The van der Waals surface area contributed by atoms with Gasteiger partial charge in [-0.2, -0.15) is 0 Å². The SMILES string of the molecule is O.O.O.O.O.O.O.O.O.[C-]#N.[C-]#N.[C-]#N.[C-]#N.[C-]#N.[C-]#N.[Fe+3].[Mn+3].[Mn+3].[Mn+3].[O-]c1ccccc1C=N[C@@H]1CCCC[C@H]1N=Cc1ccccc1[O-].[O-]c1ccccc1C=N[C@@H]1CCCC[C@H]1N=Cc1ccccc1[O-].[O-]c1ccccc1C=N[C@@H]1CCCC[C@H]1N=Cc1ccccc1[O-]. The van der Waals surface area contributed by atoms with Crippen LogP contribution in [0.4, 0.5) is 0 Å². The van der Waals surface area contributed by atoms with Gasteiger partial charge in [0.15, 0.2) is 0 Å². The van der Waals surface area contributed by atoms with Crippen LogP contribution in [0.5, 0.6) is 34.5 Å². The minimum absolute atomic E-state index is 0. The molecule has 0 amide bonds. The number of rotatable bonds is 12. The van der Waals surface area contributed by atoms with Gasteiger partial charge in [0.1, 0.15) is 0 Å². The molecular weight excluding hydrogens is 1420 g/mol. The molecule has 3 aliphatic rings. The fourth-order valence-electron chi connectivity index (χ4n) is 8.90. The zero-order chi connectivity index (χ0) is 62.3. The third-order valence-corrected chi connectivity index (χ3v) is 13.0. The molecule has 0 heterocycles. The van der Waals surface area contributed by atoms with Crippen LogP contribution in [-0.2, 0) is 68.3 Å². The smallest absolute Gasteiger partial charge is 0.872 e. The van der Waals surface area contributed by atoms with E-state index < -0.39 is 0 Å². The summed E-state index contributed by atoms with van der Waals surface area (Å²) in [6.07, 6.45) is 22.5. The van der Waals surface area contributed by atoms with Gasteiger partial charge in [-0.1, -0.05) is 184 Å². The topological polar surface area (TPSA) is 639 Å². The van der Waals surface area contributed by atoms with Gasteiger partial charge in [0.2, 0.25) is 0 Å². The van der Waals surface area contributed by atoms with Crippen LogP contribution in [0.2, 0.25) is 0 Å². The first-order chi connectivity index (χ1) is 41.2. The van der Waals surface area contributed by atoms with Crippen molar-refractivity contribution in [3.63, 3.8) is 0 Å². The molecule has 0 aliphatic heterocycles. The van der Waals surface area contributed by atoms with E-state index in [2.05, 4.69) is 30.0 Å². The Morgan fingerprint density at radius 2 is 0.340 bits per heavy atom. The average molecular weight is 1500 g/mol. The standard InChI is InChI=1S/3C20H22N2O2.6CN.Fe.3Mn.9H2O/c3*23-19-11-5-1-7-15(19)13-21-17-9-3-4-10-18(17)22-14-16-8-2-6-12-20(16)24;6*1-2;;;;;;;;;;;;;/h3*1-2,5-8,11-14,17-18,23-24H,3-4,9-10H2;;;;;;;;;;;9*1H2/q;;;6*-1;4*+3;;;;;;;;;/p-6/t3*17-,18-;;;;;;;;;;;;;;;;;;;/m111.................../s1. The first-order valence-electron chi connectivity index (χ1n) is 26.3. The maximum Gasteiger partial charge on any atom is 3.00 e. The average Bonchev–Trinajstić information content (AvgIpc) is 1.08. The van der Waals surface area contributed by atoms with Crippen molar-refractivity contribution >= 4 is 37.3 Å². The van der Waals surface area contributed by atoms with Crippen molar-refractivity contribution in [2.24, 2.45) is 30.0 Å². The molecule has 31 heteroatoms. The molecular formula is C66H78FeMn3N12O15. The summed E-state index contributed by atoms with van der Waals surface area (Å²) in [7, 11) is 0. The van der Waals surface area contributed by atoms with E-state index in [-0.39, 0.29) is 188 Å². The van der Waals surface area contributed by atoms with E-state index in [1.807, 2.05) is 36.4 Å². The summed E-state index contributed by atoms with van der Waals surface area (Å²) in [5.41, 5.74) is 3.64. The van der Waals surface area contributed by atoms with Gasteiger partial charge < -0.3 is 151 Å². The van der Waals surface area contributed by atoms with Gasteiger partial charge in [-0.05, 0) is 71.9 Å². The monoisotopic (exact) mass is 1500 g/mol. The quantitative estimate of drug-likeness (QED) is 0.0948. The van der Waals surface area contributed by atoms with Crippen molar-refractivity contribution in [2.45, 2.75) is 113 Å². The normalized spacial score (nSPS) is 16.1. The molecule has 97 heavy (non-hydrogen) atoms. The molecule has 3 aliphatic carbocycles. The molecule has 0 spiro atoms. The Balaban J connectivity index is -0.0000000864. The van der Waals surface area contributed by atoms with Gasteiger partial charge in [0, 0.05) is 37.3 Å². The Bertz CT molecular complexity index is 2660. The summed E-state index contributed by atoms with van der Waals surface area (Å²) >= 11 is 0. The third kappa shape index (κ3) is 43.5. The van der Waals surface area contributed by atoms with Crippen LogP contribution in [0.3, 0.4) is 0 Å². The maximum absolute atomic E-state index is 11.8.